The third kappa shape index (κ3) is 3.57. The van der Waals surface area contributed by atoms with Crippen molar-refractivity contribution in [3.63, 3.8) is 0 Å². The molecule has 0 saturated carbocycles. The molecule has 0 atom stereocenters. The fraction of sp³-hybridized carbons (Fsp3) is 0.0714. The van der Waals surface area contributed by atoms with Gasteiger partial charge in [-0.3, -0.25) is 0 Å². The van der Waals surface area contributed by atoms with Gasteiger partial charge in [-0.2, -0.15) is 0 Å². The summed E-state index contributed by atoms with van der Waals surface area (Å²) in [6, 6.07) is 17.8. The summed E-state index contributed by atoms with van der Waals surface area (Å²) in [5, 5.41) is 2.96. The summed E-state index contributed by atoms with van der Waals surface area (Å²) in [6.45, 7) is 0.571. The predicted octanol–water partition coefficient (Wildman–Crippen LogP) is 3.63. The van der Waals surface area contributed by atoms with Crippen LogP contribution in [0.1, 0.15) is 5.56 Å². The quantitative estimate of drug-likeness (QED) is 0.810. The van der Waals surface area contributed by atoms with Crippen molar-refractivity contribution >= 4 is 23.4 Å². The summed E-state index contributed by atoms with van der Waals surface area (Å²) in [6.07, 6.45) is 0. The van der Waals surface area contributed by atoms with Gasteiger partial charge < -0.3 is 10.1 Å². The van der Waals surface area contributed by atoms with Crippen molar-refractivity contribution in [2.75, 3.05) is 5.32 Å². The standard InChI is InChI=1S/C14H13NOS/c17-11-15-13-7-4-8-14(9-13)16-10-12-5-2-1-3-6-12/h1-9,11H,10H2,(H,15,17). The van der Waals surface area contributed by atoms with Gasteiger partial charge in [-0.25, -0.2) is 0 Å². The number of hydrogen-bond acceptors (Lipinski definition) is 2. The first-order valence-corrected chi connectivity index (χ1v) is 5.82. The van der Waals surface area contributed by atoms with Crippen LogP contribution in [0.4, 0.5) is 5.69 Å². The first kappa shape index (κ1) is 11.6. The highest BCUT2D eigenvalue weighted by Gasteiger charge is 1.96. The molecule has 0 heterocycles. The summed E-state index contributed by atoms with van der Waals surface area (Å²) in [5.74, 6) is 0.829. The van der Waals surface area contributed by atoms with E-state index < -0.39 is 0 Å². The number of nitrogens with one attached hydrogen (secondary N) is 1. The van der Waals surface area contributed by atoms with Gasteiger partial charge in [0.15, 0.2) is 0 Å². The van der Waals surface area contributed by atoms with Crippen LogP contribution in [0.25, 0.3) is 0 Å². The van der Waals surface area contributed by atoms with Gasteiger partial charge in [0, 0.05) is 11.8 Å². The Morgan fingerprint density at radius 2 is 1.88 bits per heavy atom. The number of ether oxygens (including phenoxy) is 1. The van der Waals surface area contributed by atoms with Gasteiger partial charge >= 0.3 is 0 Å². The van der Waals surface area contributed by atoms with Gasteiger partial charge in [-0.1, -0.05) is 48.6 Å². The fourth-order valence-electron chi connectivity index (χ4n) is 1.48. The van der Waals surface area contributed by atoms with E-state index in [-0.39, 0.29) is 0 Å². The minimum absolute atomic E-state index is 0.571. The largest absolute Gasteiger partial charge is 0.489 e. The number of thiocarbonyl (C=S) groups is 1. The van der Waals surface area contributed by atoms with Crippen molar-refractivity contribution in [2.24, 2.45) is 0 Å². The maximum Gasteiger partial charge on any atom is 0.121 e. The fourth-order valence-corrected chi connectivity index (χ4v) is 1.62. The summed E-state index contributed by atoms with van der Waals surface area (Å²) in [5.41, 5.74) is 3.57. The van der Waals surface area contributed by atoms with Gasteiger partial charge in [0.2, 0.25) is 0 Å². The number of hydrogen-bond donors (Lipinski definition) is 1. The van der Waals surface area contributed by atoms with Gasteiger partial charge in [-0.05, 0) is 17.7 Å². The van der Waals surface area contributed by atoms with Crippen molar-refractivity contribution in [3.05, 3.63) is 60.2 Å². The third-order valence-electron chi connectivity index (χ3n) is 2.31. The predicted molar refractivity (Wildman–Crippen MR) is 74.5 cm³/mol. The first-order valence-electron chi connectivity index (χ1n) is 5.35. The number of rotatable bonds is 5. The highest BCUT2D eigenvalue weighted by Crippen LogP contribution is 2.18. The Bertz CT molecular complexity index is 485. The normalized spacial score (nSPS) is 9.65. The van der Waals surface area contributed by atoms with E-state index in [4.69, 9.17) is 17.0 Å². The van der Waals surface area contributed by atoms with Crippen molar-refractivity contribution in [1.29, 1.82) is 0 Å². The zero-order valence-electron chi connectivity index (χ0n) is 9.30. The van der Waals surface area contributed by atoms with Gasteiger partial charge in [0.05, 0.1) is 5.49 Å². The SMILES string of the molecule is S=CNc1cccc(OCc2ccccc2)c1. The van der Waals surface area contributed by atoms with Crippen LogP contribution in [0.2, 0.25) is 0 Å². The van der Waals surface area contributed by atoms with Crippen LogP contribution in [0.3, 0.4) is 0 Å². The van der Waals surface area contributed by atoms with Gasteiger partial charge in [-0.15, -0.1) is 0 Å². The number of anilines is 1. The van der Waals surface area contributed by atoms with Crippen LogP contribution in [-0.4, -0.2) is 5.49 Å². The van der Waals surface area contributed by atoms with Gasteiger partial charge in [0.25, 0.3) is 0 Å². The summed E-state index contributed by atoms with van der Waals surface area (Å²) in [4.78, 5) is 0. The molecular formula is C14H13NOS. The Morgan fingerprint density at radius 1 is 1.06 bits per heavy atom. The van der Waals surface area contributed by atoms with E-state index in [1.165, 1.54) is 5.49 Å². The van der Waals surface area contributed by atoms with Crippen molar-refractivity contribution in [2.45, 2.75) is 6.61 Å². The Hall–Kier alpha value is -1.87. The molecule has 0 amide bonds. The molecule has 0 aromatic heterocycles. The van der Waals surface area contributed by atoms with E-state index in [2.05, 4.69) is 5.32 Å². The van der Waals surface area contributed by atoms with Crippen LogP contribution in [0.15, 0.2) is 54.6 Å². The summed E-state index contributed by atoms with van der Waals surface area (Å²) >= 11 is 4.74. The van der Waals surface area contributed by atoms with Crippen molar-refractivity contribution in [3.8, 4) is 5.75 Å². The molecule has 17 heavy (non-hydrogen) atoms. The summed E-state index contributed by atoms with van der Waals surface area (Å²) in [7, 11) is 0. The van der Waals surface area contributed by atoms with E-state index in [1.807, 2.05) is 54.6 Å². The van der Waals surface area contributed by atoms with E-state index in [0.717, 1.165) is 17.0 Å². The highest BCUT2D eigenvalue weighted by molar-refractivity contribution is 7.79. The molecule has 2 nitrogen and oxygen atoms in total. The lowest BCUT2D eigenvalue weighted by Gasteiger charge is -2.07. The summed E-state index contributed by atoms with van der Waals surface area (Å²) < 4.78 is 5.69. The minimum atomic E-state index is 0.571. The third-order valence-corrected chi connectivity index (χ3v) is 2.43. The molecule has 1 N–H and O–H groups in total. The molecule has 0 bridgehead atoms. The zero-order chi connectivity index (χ0) is 11.9. The van der Waals surface area contributed by atoms with Crippen LogP contribution in [-0.2, 0) is 6.61 Å². The topological polar surface area (TPSA) is 21.3 Å². The van der Waals surface area contributed by atoms with E-state index >= 15 is 0 Å². The average Bonchev–Trinajstić information content (AvgIpc) is 2.39. The molecule has 0 radical (unpaired) electrons. The van der Waals surface area contributed by atoms with E-state index in [1.54, 1.807) is 0 Å². The molecule has 3 heteroatoms. The Morgan fingerprint density at radius 3 is 2.65 bits per heavy atom. The molecular weight excluding hydrogens is 230 g/mol. The molecule has 0 aliphatic heterocycles. The number of benzene rings is 2. The smallest absolute Gasteiger partial charge is 0.121 e. The minimum Gasteiger partial charge on any atom is -0.489 e. The Balaban J connectivity index is 1.99. The Kier molecular flexibility index (Phi) is 4.11. The molecule has 0 aliphatic rings. The lowest BCUT2D eigenvalue weighted by molar-refractivity contribution is 0.306. The van der Waals surface area contributed by atoms with Crippen LogP contribution >= 0.6 is 12.2 Å². The second kappa shape index (κ2) is 6.01. The van der Waals surface area contributed by atoms with Crippen LogP contribution < -0.4 is 10.1 Å². The molecule has 0 saturated heterocycles. The van der Waals surface area contributed by atoms with Gasteiger partial charge in [0.1, 0.15) is 12.4 Å². The first-order chi connectivity index (χ1) is 8.38. The molecule has 0 spiro atoms. The van der Waals surface area contributed by atoms with Crippen molar-refractivity contribution in [1.82, 2.24) is 0 Å². The lowest BCUT2D eigenvalue weighted by Crippen LogP contribution is -1.96. The Labute approximate surface area is 106 Å². The molecule has 0 unspecified atom stereocenters. The maximum absolute atomic E-state index is 5.69. The molecule has 0 fully saturated rings. The molecule has 2 aromatic rings. The second-order valence-electron chi connectivity index (χ2n) is 3.56. The maximum atomic E-state index is 5.69. The lowest BCUT2D eigenvalue weighted by atomic mass is 10.2. The monoisotopic (exact) mass is 243 g/mol. The van der Waals surface area contributed by atoms with Crippen LogP contribution in [0.5, 0.6) is 5.75 Å². The average molecular weight is 243 g/mol. The second-order valence-corrected chi connectivity index (χ2v) is 3.80. The molecule has 2 aromatic carbocycles. The highest BCUT2D eigenvalue weighted by atomic mass is 32.1. The van der Waals surface area contributed by atoms with Crippen molar-refractivity contribution < 1.29 is 4.74 Å². The van der Waals surface area contributed by atoms with E-state index in [9.17, 15) is 0 Å². The van der Waals surface area contributed by atoms with E-state index in [0.29, 0.717) is 6.61 Å². The molecule has 86 valence electrons. The zero-order valence-corrected chi connectivity index (χ0v) is 10.1. The molecule has 2 rings (SSSR count). The molecule has 0 aliphatic carbocycles. The van der Waals surface area contributed by atoms with Crippen LogP contribution in [0, 0.1) is 0 Å².